The van der Waals surface area contributed by atoms with Crippen molar-refractivity contribution in [2.75, 3.05) is 4.90 Å². The number of carboxylic acid groups (broad SMARTS) is 1. The van der Waals surface area contributed by atoms with Crippen LogP contribution in [-0.2, 0) is 4.79 Å². The molecule has 1 aromatic heterocycles. The monoisotopic (exact) mass is 333 g/mol. The maximum Gasteiger partial charge on any atom is 0.356 e. The minimum Gasteiger partial charge on any atom is -0.476 e. The van der Waals surface area contributed by atoms with Crippen molar-refractivity contribution < 1.29 is 14.7 Å². The molecule has 1 atom stereocenters. The van der Waals surface area contributed by atoms with Gasteiger partial charge < -0.3 is 5.11 Å². The molecule has 2 rings (SSSR count). The molecule has 1 amide bonds. The van der Waals surface area contributed by atoms with Gasteiger partial charge in [0.15, 0.2) is 5.69 Å². The number of terminal acetylenes is 1. The van der Waals surface area contributed by atoms with E-state index >= 15 is 0 Å². The molecule has 0 spiro atoms. The lowest BCUT2D eigenvalue weighted by Gasteiger charge is -2.25. The number of nitrogens with zero attached hydrogens (tertiary/aromatic N) is 2. The van der Waals surface area contributed by atoms with Crippen LogP contribution in [0.4, 0.5) is 5.69 Å². The van der Waals surface area contributed by atoms with Crippen LogP contribution in [0.3, 0.4) is 0 Å². The molecular formula is C16H16ClN3O3. The summed E-state index contributed by atoms with van der Waals surface area (Å²) in [7, 11) is 0. The van der Waals surface area contributed by atoms with Crippen LogP contribution in [0.1, 0.15) is 24.3 Å². The van der Waals surface area contributed by atoms with Gasteiger partial charge in [0.05, 0.1) is 16.8 Å². The summed E-state index contributed by atoms with van der Waals surface area (Å²) in [5.74, 6) is 1.39. The molecule has 0 saturated carbocycles. The highest BCUT2D eigenvalue weighted by Gasteiger charge is 2.18. The highest BCUT2D eigenvalue weighted by molar-refractivity contribution is 6.33. The van der Waals surface area contributed by atoms with Gasteiger partial charge in [0, 0.05) is 13.1 Å². The van der Waals surface area contributed by atoms with Gasteiger partial charge in [-0.3, -0.25) is 14.8 Å². The number of hydrogen-bond donors (Lipinski definition) is 2. The lowest BCUT2D eigenvalue weighted by Crippen LogP contribution is -2.36. The smallest absolute Gasteiger partial charge is 0.356 e. The van der Waals surface area contributed by atoms with Crippen LogP contribution in [0.2, 0.25) is 5.02 Å². The number of amides is 1. The zero-order valence-corrected chi connectivity index (χ0v) is 13.4. The second-order valence-corrected chi connectivity index (χ2v) is 4.85. The Kier molecular flexibility index (Phi) is 6.84. The molecule has 0 aliphatic carbocycles. The standard InChI is InChI=1S/C12H12ClNO.C4H4N2O2/c1-4-9(2)14(10(3)15)12-8-6-5-7-11(12)13;7-4(8)3-1-2-5-6-3/h1,5-9H,2-3H3;1-2H,(H,5,6)(H,7,8). The van der Waals surface area contributed by atoms with Gasteiger partial charge in [-0.25, -0.2) is 4.79 Å². The van der Waals surface area contributed by atoms with Crippen LogP contribution in [0.5, 0.6) is 0 Å². The lowest BCUT2D eigenvalue weighted by atomic mass is 10.2. The molecule has 6 nitrogen and oxygen atoms in total. The summed E-state index contributed by atoms with van der Waals surface area (Å²) in [5, 5.41) is 14.5. The van der Waals surface area contributed by atoms with Crippen molar-refractivity contribution in [1.29, 1.82) is 0 Å². The first-order chi connectivity index (χ1) is 10.9. The number of H-pyrrole nitrogens is 1. The van der Waals surface area contributed by atoms with E-state index in [2.05, 4.69) is 16.1 Å². The number of carbonyl (C=O) groups excluding carboxylic acids is 1. The number of para-hydroxylation sites is 1. The fraction of sp³-hybridized carbons (Fsp3) is 0.188. The predicted octanol–water partition coefficient (Wildman–Crippen LogP) is 2.82. The highest BCUT2D eigenvalue weighted by atomic mass is 35.5. The van der Waals surface area contributed by atoms with E-state index in [0.29, 0.717) is 10.7 Å². The number of nitrogens with one attached hydrogen (secondary N) is 1. The predicted molar refractivity (Wildman–Crippen MR) is 88.5 cm³/mol. The topological polar surface area (TPSA) is 86.3 Å². The van der Waals surface area contributed by atoms with E-state index in [9.17, 15) is 9.59 Å². The molecule has 1 unspecified atom stereocenters. The molecule has 120 valence electrons. The van der Waals surface area contributed by atoms with Gasteiger partial charge in [-0.05, 0) is 25.1 Å². The van der Waals surface area contributed by atoms with Crippen molar-refractivity contribution in [2.24, 2.45) is 0 Å². The first kappa shape index (κ1) is 18.3. The Balaban J connectivity index is 0.000000277. The summed E-state index contributed by atoms with van der Waals surface area (Å²) < 4.78 is 0. The molecule has 2 N–H and O–H groups in total. The highest BCUT2D eigenvalue weighted by Crippen LogP contribution is 2.26. The van der Waals surface area contributed by atoms with Crippen LogP contribution >= 0.6 is 11.6 Å². The van der Waals surface area contributed by atoms with E-state index in [1.807, 2.05) is 12.1 Å². The number of aromatic carboxylic acids is 1. The fourth-order valence-corrected chi connectivity index (χ4v) is 1.98. The van der Waals surface area contributed by atoms with Gasteiger partial charge in [0.1, 0.15) is 0 Å². The Morgan fingerprint density at radius 2 is 2.04 bits per heavy atom. The van der Waals surface area contributed by atoms with E-state index in [0.717, 1.165) is 0 Å². The van der Waals surface area contributed by atoms with Crippen molar-refractivity contribution in [3.05, 3.63) is 47.2 Å². The van der Waals surface area contributed by atoms with E-state index < -0.39 is 5.97 Å². The summed E-state index contributed by atoms with van der Waals surface area (Å²) in [4.78, 5) is 23.0. The fourth-order valence-electron chi connectivity index (χ4n) is 1.75. The molecule has 0 radical (unpaired) electrons. The van der Waals surface area contributed by atoms with Crippen LogP contribution in [0.25, 0.3) is 0 Å². The number of hydrogen-bond acceptors (Lipinski definition) is 3. The normalized spacial score (nSPS) is 10.7. The molecule has 0 aliphatic heterocycles. The van der Waals surface area contributed by atoms with E-state index in [1.165, 1.54) is 24.1 Å². The SMILES string of the molecule is C#CC(C)N(C(C)=O)c1ccccc1Cl.O=C(O)c1cc[nH]n1. The van der Waals surface area contributed by atoms with Gasteiger partial charge >= 0.3 is 5.97 Å². The molecule has 0 fully saturated rings. The zero-order chi connectivity index (χ0) is 17.4. The van der Waals surface area contributed by atoms with Crippen LogP contribution in [0.15, 0.2) is 36.5 Å². The second-order valence-electron chi connectivity index (χ2n) is 4.45. The van der Waals surface area contributed by atoms with Crippen molar-refractivity contribution in [2.45, 2.75) is 19.9 Å². The summed E-state index contributed by atoms with van der Waals surface area (Å²) in [6, 6.07) is 8.23. The van der Waals surface area contributed by atoms with Gasteiger partial charge in [0.25, 0.3) is 0 Å². The third kappa shape index (κ3) is 5.16. The van der Waals surface area contributed by atoms with Gasteiger partial charge in [-0.1, -0.05) is 29.7 Å². The minimum atomic E-state index is -1.01. The second kappa shape index (κ2) is 8.61. The first-order valence-electron chi connectivity index (χ1n) is 6.62. The minimum absolute atomic E-state index is 0.0463. The summed E-state index contributed by atoms with van der Waals surface area (Å²) in [5.41, 5.74) is 0.696. The maximum absolute atomic E-state index is 11.5. The molecular weight excluding hydrogens is 318 g/mol. The molecule has 0 bridgehead atoms. The molecule has 1 aromatic carbocycles. The average molecular weight is 334 g/mol. The number of rotatable bonds is 3. The number of carbonyl (C=O) groups is 2. The molecule has 2 aromatic rings. The van der Waals surface area contributed by atoms with Gasteiger partial charge in [0.2, 0.25) is 5.91 Å². The zero-order valence-electron chi connectivity index (χ0n) is 12.7. The van der Waals surface area contributed by atoms with E-state index in [4.69, 9.17) is 23.1 Å². The summed E-state index contributed by atoms with van der Waals surface area (Å²) in [6.45, 7) is 3.25. The summed E-state index contributed by atoms with van der Waals surface area (Å²) >= 11 is 6.00. The Morgan fingerprint density at radius 1 is 1.39 bits per heavy atom. The van der Waals surface area contributed by atoms with Crippen LogP contribution in [0, 0.1) is 12.3 Å². The Morgan fingerprint density at radius 3 is 2.43 bits per heavy atom. The third-order valence-electron chi connectivity index (χ3n) is 2.80. The van der Waals surface area contributed by atoms with Crippen LogP contribution in [-0.4, -0.2) is 33.2 Å². The number of carboxylic acids is 1. The quantitative estimate of drug-likeness (QED) is 0.846. The average Bonchev–Trinajstić information content (AvgIpc) is 3.04. The Hall–Kier alpha value is -2.78. The molecule has 1 heterocycles. The van der Waals surface area contributed by atoms with Crippen molar-refractivity contribution in [3.8, 4) is 12.3 Å². The molecule has 7 heteroatoms. The maximum atomic E-state index is 11.5. The van der Waals surface area contributed by atoms with Gasteiger partial charge in [-0.15, -0.1) is 6.42 Å². The lowest BCUT2D eigenvalue weighted by molar-refractivity contribution is -0.116. The van der Waals surface area contributed by atoms with Crippen molar-refractivity contribution in [3.63, 3.8) is 0 Å². The largest absolute Gasteiger partial charge is 0.476 e. The molecule has 0 saturated heterocycles. The number of halogens is 1. The first-order valence-corrected chi connectivity index (χ1v) is 6.99. The van der Waals surface area contributed by atoms with Crippen LogP contribution < -0.4 is 4.90 Å². The Bertz CT molecular complexity index is 708. The summed E-state index contributed by atoms with van der Waals surface area (Å²) in [6.07, 6.45) is 6.77. The number of aromatic nitrogens is 2. The third-order valence-corrected chi connectivity index (χ3v) is 3.12. The van der Waals surface area contributed by atoms with Crippen molar-refractivity contribution >= 4 is 29.2 Å². The number of aromatic amines is 1. The van der Waals surface area contributed by atoms with E-state index in [1.54, 1.807) is 19.1 Å². The number of anilines is 1. The number of benzene rings is 1. The van der Waals surface area contributed by atoms with Gasteiger partial charge in [-0.2, -0.15) is 5.10 Å². The van der Waals surface area contributed by atoms with E-state index in [-0.39, 0.29) is 17.6 Å². The molecule has 0 aliphatic rings. The molecule has 23 heavy (non-hydrogen) atoms. The Labute approximate surface area is 139 Å². The van der Waals surface area contributed by atoms with Crippen molar-refractivity contribution in [1.82, 2.24) is 10.2 Å².